The summed E-state index contributed by atoms with van der Waals surface area (Å²) in [7, 11) is 0. The van der Waals surface area contributed by atoms with Gasteiger partial charge in [0.2, 0.25) is 0 Å². The molecule has 0 spiro atoms. The molecule has 6 heterocycles. The smallest absolute Gasteiger partial charge is 0.162 e. The molecule has 7 nitrogen and oxygen atoms in total. The van der Waals surface area contributed by atoms with E-state index >= 15 is 0 Å². The lowest BCUT2D eigenvalue weighted by atomic mass is 10.1. The molecule has 0 atom stereocenters. The first-order valence-electron chi connectivity index (χ1n) is 28.3. The Bertz CT molecular complexity index is 4730. The van der Waals surface area contributed by atoms with Gasteiger partial charge in [0.15, 0.2) is 5.82 Å². The van der Waals surface area contributed by atoms with Crippen molar-refractivity contribution in [2.24, 2.45) is 0 Å². The minimum atomic E-state index is -0.837. The molecule has 6 aromatic heterocycles. The Hall–Kier alpha value is -7.90. The third-order valence-corrected chi connectivity index (χ3v) is 9.68. The number of hydrogen-bond acceptors (Lipinski definition) is 4. The average Bonchev–Trinajstić information content (AvgIpc) is 4.02. The highest BCUT2D eigenvalue weighted by molar-refractivity contribution is 6.11. The largest absolute Gasteiger partial charge is 0.305 e. The quantitative estimate of drug-likeness (QED) is 0.176. The molecule has 0 aliphatic carbocycles. The zero-order chi connectivity index (χ0) is 56.6. The van der Waals surface area contributed by atoms with Crippen LogP contribution in [0.15, 0.2) is 188 Å². The second-order valence-corrected chi connectivity index (χ2v) is 12.7. The molecule has 0 aliphatic rings. The molecule has 0 N–H and O–H groups in total. The van der Waals surface area contributed by atoms with Crippen molar-refractivity contribution in [1.29, 1.82) is 0 Å². The predicted molar refractivity (Wildman–Crippen MR) is 232 cm³/mol. The first-order valence-corrected chi connectivity index (χ1v) is 17.3. The van der Waals surface area contributed by atoms with Crippen molar-refractivity contribution in [2.75, 3.05) is 0 Å². The van der Waals surface area contributed by atoms with Crippen LogP contribution in [0.1, 0.15) is 30.2 Å². The summed E-state index contributed by atoms with van der Waals surface area (Å²) in [6, 6.07) is -5.07. The van der Waals surface area contributed by atoms with Crippen molar-refractivity contribution in [3.05, 3.63) is 188 Å². The number of fused-ring (bicyclic) bond motifs is 9. The zero-order valence-electron chi connectivity index (χ0n) is 50.8. The molecule has 6 aromatic carbocycles. The molecular formula is C50H31N7. The lowest BCUT2D eigenvalue weighted by Crippen LogP contribution is -2.08. The lowest BCUT2D eigenvalue weighted by Gasteiger charge is -2.20. The standard InChI is InChI=1S/C50H31N7/c1-2-15-32(16-3-1)49-53-39(31-46(54-49)55-40-23-8-4-17-33(40)34-18-5-9-24-41(34)55)37-21-12-27-45(57-42-25-10-6-19-35(42)36-22-13-30-52-50(36)57)48(37)56-43-26-11-7-20-38(43)47-44(56)28-14-29-51-47/h1-31H/i1D,2D,3D,4D,5D,6D,7D,8D,9D,10D,11D,15D,16D,17D,18D,19D,20D,23D,24D,25D,26D,31D. The van der Waals surface area contributed by atoms with Crippen LogP contribution in [-0.4, -0.2) is 33.6 Å². The Balaban J connectivity index is 1.37. The number of benzene rings is 6. The highest BCUT2D eigenvalue weighted by atomic mass is 15.1. The fraction of sp³-hybridized carbons (Fsp3) is 0. The minimum Gasteiger partial charge on any atom is -0.305 e. The fourth-order valence-electron chi connectivity index (χ4n) is 7.42. The molecule has 57 heavy (non-hydrogen) atoms. The van der Waals surface area contributed by atoms with Crippen LogP contribution in [-0.2, 0) is 0 Å². The summed E-state index contributed by atoms with van der Waals surface area (Å²) in [5, 5.41) is -0.607. The van der Waals surface area contributed by atoms with Crippen molar-refractivity contribution in [3.63, 3.8) is 0 Å². The van der Waals surface area contributed by atoms with Gasteiger partial charge in [0.25, 0.3) is 0 Å². The molecule has 7 heteroatoms. The van der Waals surface area contributed by atoms with Gasteiger partial charge >= 0.3 is 0 Å². The van der Waals surface area contributed by atoms with E-state index < -0.39 is 178 Å². The van der Waals surface area contributed by atoms with Crippen LogP contribution < -0.4 is 0 Å². The van der Waals surface area contributed by atoms with Gasteiger partial charge in [-0.1, -0.05) is 115 Å². The third-order valence-electron chi connectivity index (χ3n) is 9.68. The lowest BCUT2D eigenvalue weighted by molar-refractivity contribution is 1.04. The summed E-state index contributed by atoms with van der Waals surface area (Å²) in [6.45, 7) is 0. The number of aromatic nitrogens is 7. The Morgan fingerprint density at radius 2 is 1.05 bits per heavy atom. The molecule has 0 fully saturated rings. The van der Waals surface area contributed by atoms with E-state index in [1.165, 1.54) is 45.8 Å². The van der Waals surface area contributed by atoms with Gasteiger partial charge in [-0.2, -0.15) is 0 Å². The van der Waals surface area contributed by atoms with Crippen LogP contribution in [0.4, 0.5) is 0 Å². The van der Waals surface area contributed by atoms with Gasteiger partial charge in [-0.3, -0.25) is 14.1 Å². The van der Waals surface area contributed by atoms with E-state index in [-0.39, 0.29) is 60.8 Å². The van der Waals surface area contributed by atoms with E-state index in [0.717, 1.165) is 4.57 Å². The van der Waals surface area contributed by atoms with Crippen molar-refractivity contribution >= 4 is 65.7 Å². The van der Waals surface area contributed by atoms with Gasteiger partial charge in [-0.25, -0.2) is 15.0 Å². The molecule has 0 radical (unpaired) electrons. The summed E-state index contributed by atoms with van der Waals surface area (Å²) in [6.07, 6.45) is 2.81. The molecule has 0 saturated carbocycles. The summed E-state index contributed by atoms with van der Waals surface area (Å²) in [5.74, 6) is -1.40. The number of nitrogens with zero attached hydrogens (tertiary/aromatic N) is 7. The maximum atomic E-state index is 10.4. The van der Waals surface area contributed by atoms with E-state index in [4.69, 9.17) is 26.9 Å². The third kappa shape index (κ3) is 4.66. The van der Waals surface area contributed by atoms with E-state index in [0.29, 0.717) is 0 Å². The van der Waals surface area contributed by atoms with Gasteiger partial charge in [0, 0.05) is 56.5 Å². The summed E-state index contributed by atoms with van der Waals surface area (Å²) in [4.78, 5) is 18.7. The van der Waals surface area contributed by atoms with Crippen LogP contribution in [0.2, 0.25) is 0 Å². The zero-order valence-corrected chi connectivity index (χ0v) is 28.8. The van der Waals surface area contributed by atoms with Gasteiger partial charge in [0.05, 0.1) is 80.3 Å². The van der Waals surface area contributed by atoms with Crippen LogP contribution >= 0.6 is 0 Å². The summed E-state index contributed by atoms with van der Waals surface area (Å²) in [5.41, 5.74) is -2.59. The first-order chi connectivity index (χ1) is 37.5. The monoisotopic (exact) mass is 751 g/mol. The second kappa shape index (κ2) is 12.3. The highest BCUT2D eigenvalue weighted by Gasteiger charge is 2.25. The topological polar surface area (TPSA) is 66.3 Å². The minimum absolute atomic E-state index is 0.0275. The van der Waals surface area contributed by atoms with Crippen LogP contribution in [0.5, 0.6) is 0 Å². The molecule has 12 aromatic rings. The summed E-state index contributed by atoms with van der Waals surface area (Å²) < 4.78 is 202. The van der Waals surface area contributed by atoms with Crippen LogP contribution in [0.3, 0.4) is 0 Å². The normalized spacial score (nSPS) is 17.3. The van der Waals surface area contributed by atoms with E-state index in [2.05, 4.69) is 15.0 Å². The van der Waals surface area contributed by atoms with E-state index in [9.17, 15) is 8.22 Å². The Morgan fingerprint density at radius 3 is 1.79 bits per heavy atom. The molecule has 0 unspecified atom stereocenters. The van der Waals surface area contributed by atoms with Gasteiger partial charge in [-0.15, -0.1) is 0 Å². The number of hydrogen-bond donors (Lipinski definition) is 0. The van der Waals surface area contributed by atoms with Gasteiger partial charge in [0.1, 0.15) is 11.5 Å². The highest BCUT2D eigenvalue weighted by Crippen LogP contribution is 2.42. The molecule has 0 saturated heterocycles. The maximum Gasteiger partial charge on any atom is 0.162 e. The molecule has 266 valence electrons. The first kappa shape index (κ1) is 16.9. The van der Waals surface area contributed by atoms with Crippen molar-refractivity contribution in [3.8, 4) is 39.8 Å². The van der Waals surface area contributed by atoms with Gasteiger partial charge < -0.3 is 4.57 Å². The van der Waals surface area contributed by atoms with E-state index in [1.807, 2.05) is 0 Å². The van der Waals surface area contributed by atoms with E-state index in [1.54, 1.807) is 18.2 Å². The van der Waals surface area contributed by atoms with Crippen LogP contribution in [0.25, 0.3) is 106 Å². The number of rotatable bonds is 5. The Morgan fingerprint density at radius 1 is 0.456 bits per heavy atom. The molecule has 0 aliphatic heterocycles. The van der Waals surface area contributed by atoms with Crippen molar-refractivity contribution in [1.82, 2.24) is 33.6 Å². The number of pyridine rings is 2. The van der Waals surface area contributed by atoms with Gasteiger partial charge in [-0.05, 0) is 54.5 Å². The molecule has 0 bridgehead atoms. The predicted octanol–water partition coefficient (Wildman–Crippen LogP) is 11.9. The SMILES string of the molecule is [2H]c1c(-c2cccc(-n3c4ncccc4c4c([2H])c([2H])c([2H])c([2H])c43)c2-n2c3cccnc3c3c([2H])c([2H])c([2H])c([2H])c32)nc(-c2c([2H])c([2H])c([2H])c([2H])c2[2H])nc1-n1c2c([2H])c([2H])c([2H])c([2H])c2c2c([2H])c([2H])c([2H])c([2H])c21. The summed E-state index contributed by atoms with van der Waals surface area (Å²) >= 11 is 0. The maximum absolute atomic E-state index is 10.4. The van der Waals surface area contributed by atoms with Crippen molar-refractivity contribution < 1.29 is 30.2 Å². The van der Waals surface area contributed by atoms with Crippen molar-refractivity contribution in [2.45, 2.75) is 0 Å². The second-order valence-electron chi connectivity index (χ2n) is 12.7. The molecular weight excluding hydrogens is 699 g/mol. The fourth-order valence-corrected chi connectivity index (χ4v) is 7.42. The molecule has 12 rings (SSSR count). The van der Waals surface area contributed by atoms with Crippen LogP contribution in [0, 0.1) is 0 Å². The average molecular weight is 752 g/mol. The molecule has 0 amide bonds. The Labute approximate surface area is 357 Å². The number of para-hydroxylation sites is 5. The Kier molecular flexibility index (Phi) is 3.64.